The van der Waals surface area contributed by atoms with E-state index in [1.165, 1.54) is 4.31 Å². The molecular formula is C15H19N3O2S. The number of nitrogens with one attached hydrogen (secondary N) is 1. The van der Waals surface area contributed by atoms with Gasteiger partial charge in [0.25, 0.3) is 10.0 Å². The van der Waals surface area contributed by atoms with Crippen LogP contribution in [0.2, 0.25) is 0 Å². The molecule has 0 radical (unpaired) electrons. The van der Waals surface area contributed by atoms with Crippen molar-refractivity contribution in [1.29, 1.82) is 0 Å². The molecule has 1 aromatic heterocycles. The van der Waals surface area contributed by atoms with Crippen LogP contribution in [-0.4, -0.2) is 25.2 Å². The minimum absolute atomic E-state index is 0.199. The van der Waals surface area contributed by atoms with Gasteiger partial charge in [-0.2, -0.15) is 5.10 Å². The van der Waals surface area contributed by atoms with Gasteiger partial charge in [0.05, 0.1) is 17.1 Å². The van der Waals surface area contributed by atoms with Crippen LogP contribution in [0, 0.1) is 13.8 Å². The van der Waals surface area contributed by atoms with E-state index < -0.39 is 10.0 Å². The average Bonchev–Trinajstić information content (AvgIpc) is 2.89. The Morgan fingerprint density at radius 2 is 1.90 bits per heavy atom. The van der Waals surface area contributed by atoms with Crippen LogP contribution >= 0.6 is 0 Å². The summed E-state index contributed by atoms with van der Waals surface area (Å²) in [6.07, 6.45) is 0. The Balaban J connectivity index is 2.19. The summed E-state index contributed by atoms with van der Waals surface area (Å²) >= 11 is 0. The van der Waals surface area contributed by atoms with Crippen molar-refractivity contribution in [1.82, 2.24) is 10.2 Å². The number of aromatic nitrogens is 2. The van der Waals surface area contributed by atoms with Crippen molar-refractivity contribution in [2.75, 3.05) is 10.8 Å². The first kappa shape index (κ1) is 14.1. The van der Waals surface area contributed by atoms with Gasteiger partial charge in [-0.05, 0) is 25.5 Å². The first-order valence-electron chi connectivity index (χ1n) is 6.89. The van der Waals surface area contributed by atoms with Gasteiger partial charge in [-0.3, -0.25) is 9.40 Å². The number of nitrogens with zero attached hydrogens (tertiary/aromatic N) is 2. The molecule has 1 aliphatic rings. The zero-order valence-electron chi connectivity index (χ0n) is 12.6. The number of H-pyrrole nitrogens is 1. The lowest BCUT2D eigenvalue weighted by atomic mass is 9.87. The van der Waals surface area contributed by atoms with Crippen LogP contribution in [0.5, 0.6) is 0 Å². The highest BCUT2D eigenvalue weighted by Crippen LogP contribution is 2.43. The largest absolute Gasteiger partial charge is 0.281 e. The van der Waals surface area contributed by atoms with Gasteiger partial charge in [0.15, 0.2) is 0 Å². The summed E-state index contributed by atoms with van der Waals surface area (Å²) in [4.78, 5) is 0.287. The number of aromatic amines is 1. The summed E-state index contributed by atoms with van der Waals surface area (Å²) in [5, 5.41) is 6.77. The molecule has 3 rings (SSSR count). The predicted molar refractivity (Wildman–Crippen MR) is 82.1 cm³/mol. The third-order valence-electron chi connectivity index (χ3n) is 4.05. The van der Waals surface area contributed by atoms with Crippen molar-refractivity contribution in [3.05, 3.63) is 41.2 Å². The van der Waals surface area contributed by atoms with Crippen LogP contribution < -0.4 is 4.31 Å². The number of fused-ring (bicyclic) bond motifs is 1. The zero-order chi connectivity index (χ0) is 15.4. The number of hydrogen-bond donors (Lipinski definition) is 1. The Morgan fingerprint density at radius 1 is 1.24 bits per heavy atom. The number of aryl methyl sites for hydroxylation is 2. The molecule has 0 aliphatic carbocycles. The van der Waals surface area contributed by atoms with Gasteiger partial charge in [0, 0.05) is 12.0 Å². The maximum Gasteiger partial charge on any atom is 0.268 e. The number of sulfonamides is 1. The maximum atomic E-state index is 13.1. The van der Waals surface area contributed by atoms with Gasteiger partial charge in [-0.1, -0.05) is 32.0 Å². The Bertz CT molecular complexity index is 787. The smallest absolute Gasteiger partial charge is 0.268 e. The van der Waals surface area contributed by atoms with Crippen molar-refractivity contribution < 1.29 is 8.42 Å². The molecular weight excluding hydrogens is 286 g/mol. The normalized spacial score (nSPS) is 17.0. The number of benzene rings is 1. The SMILES string of the molecule is Cc1n[nH]c(C)c1S(=O)(=O)N1CC(C)(C)c2ccccc21. The second-order valence-electron chi connectivity index (χ2n) is 6.18. The van der Waals surface area contributed by atoms with Crippen LogP contribution in [0.4, 0.5) is 5.69 Å². The summed E-state index contributed by atoms with van der Waals surface area (Å²) in [7, 11) is -3.60. The molecule has 0 atom stereocenters. The monoisotopic (exact) mass is 305 g/mol. The quantitative estimate of drug-likeness (QED) is 0.927. The van der Waals surface area contributed by atoms with Crippen LogP contribution in [0.1, 0.15) is 30.8 Å². The fourth-order valence-corrected chi connectivity index (χ4v) is 5.02. The number of rotatable bonds is 2. The number of para-hydroxylation sites is 1. The Labute approximate surface area is 125 Å². The Hall–Kier alpha value is -1.82. The van der Waals surface area contributed by atoms with Gasteiger partial charge in [0.2, 0.25) is 0 Å². The summed E-state index contributed by atoms with van der Waals surface area (Å²) in [5.41, 5.74) is 2.72. The number of anilines is 1. The van der Waals surface area contributed by atoms with E-state index in [0.29, 0.717) is 17.9 Å². The zero-order valence-corrected chi connectivity index (χ0v) is 13.5. The first-order chi connectivity index (χ1) is 9.75. The number of hydrogen-bond acceptors (Lipinski definition) is 3. The van der Waals surface area contributed by atoms with Gasteiger partial charge in [0.1, 0.15) is 4.90 Å². The second kappa shape index (κ2) is 4.34. The Kier molecular flexibility index (Phi) is 2.92. The summed E-state index contributed by atoms with van der Waals surface area (Å²) in [5.74, 6) is 0. The fraction of sp³-hybridized carbons (Fsp3) is 0.400. The fourth-order valence-electron chi connectivity index (χ4n) is 3.04. The molecule has 0 saturated carbocycles. The third kappa shape index (κ3) is 1.97. The lowest BCUT2D eigenvalue weighted by molar-refractivity contribution is 0.554. The molecule has 1 N–H and O–H groups in total. The highest BCUT2D eigenvalue weighted by molar-refractivity contribution is 7.93. The molecule has 5 nitrogen and oxygen atoms in total. The average molecular weight is 305 g/mol. The van der Waals surface area contributed by atoms with Crippen LogP contribution in [0.25, 0.3) is 0 Å². The molecule has 0 spiro atoms. The van der Waals surface area contributed by atoms with E-state index in [1.54, 1.807) is 13.8 Å². The van der Waals surface area contributed by atoms with Crippen molar-refractivity contribution in [3.8, 4) is 0 Å². The van der Waals surface area contributed by atoms with Crippen molar-refractivity contribution in [2.45, 2.75) is 38.0 Å². The topological polar surface area (TPSA) is 66.1 Å². The molecule has 1 aromatic carbocycles. The second-order valence-corrected chi connectivity index (χ2v) is 7.98. The summed E-state index contributed by atoms with van der Waals surface area (Å²) < 4.78 is 27.6. The van der Waals surface area contributed by atoms with Gasteiger partial charge in [-0.15, -0.1) is 0 Å². The molecule has 0 amide bonds. The summed E-state index contributed by atoms with van der Waals surface area (Å²) in [6, 6.07) is 7.69. The van der Waals surface area contributed by atoms with Crippen LogP contribution in [0.3, 0.4) is 0 Å². The van der Waals surface area contributed by atoms with Crippen LogP contribution in [-0.2, 0) is 15.4 Å². The molecule has 2 heterocycles. The van der Waals surface area contributed by atoms with Gasteiger partial charge < -0.3 is 0 Å². The maximum absolute atomic E-state index is 13.1. The van der Waals surface area contributed by atoms with E-state index >= 15 is 0 Å². The van der Waals surface area contributed by atoms with Gasteiger partial charge in [-0.25, -0.2) is 8.42 Å². The van der Waals surface area contributed by atoms with Crippen LogP contribution in [0.15, 0.2) is 29.2 Å². The first-order valence-corrected chi connectivity index (χ1v) is 8.33. The van der Waals surface area contributed by atoms with Crippen molar-refractivity contribution in [3.63, 3.8) is 0 Å². The van der Waals surface area contributed by atoms with E-state index in [0.717, 1.165) is 11.3 Å². The van der Waals surface area contributed by atoms with Crippen molar-refractivity contribution in [2.24, 2.45) is 0 Å². The molecule has 6 heteroatoms. The minimum atomic E-state index is -3.60. The van der Waals surface area contributed by atoms with E-state index in [1.807, 2.05) is 24.3 Å². The predicted octanol–water partition coefficient (Wildman–Crippen LogP) is 2.51. The third-order valence-corrected chi connectivity index (χ3v) is 6.07. The molecule has 21 heavy (non-hydrogen) atoms. The van der Waals surface area contributed by atoms with E-state index in [4.69, 9.17) is 0 Å². The lowest BCUT2D eigenvalue weighted by Gasteiger charge is -2.22. The standard InChI is InChI=1S/C15H19N3O2S/c1-10-14(11(2)17-16-10)21(19,20)18-9-15(3,4)12-7-5-6-8-13(12)18/h5-8H,9H2,1-4H3,(H,16,17). The molecule has 0 unspecified atom stereocenters. The molecule has 0 fully saturated rings. The van der Waals surface area contributed by atoms with E-state index in [-0.39, 0.29) is 10.3 Å². The molecule has 0 bridgehead atoms. The highest BCUT2D eigenvalue weighted by atomic mass is 32.2. The molecule has 0 saturated heterocycles. The van der Waals surface area contributed by atoms with E-state index in [9.17, 15) is 8.42 Å². The minimum Gasteiger partial charge on any atom is -0.281 e. The Morgan fingerprint density at radius 3 is 2.52 bits per heavy atom. The molecule has 112 valence electrons. The highest BCUT2D eigenvalue weighted by Gasteiger charge is 2.42. The van der Waals surface area contributed by atoms with Gasteiger partial charge >= 0.3 is 0 Å². The molecule has 1 aliphatic heterocycles. The molecule has 2 aromatic rings. The summed E-state index contributed by atoms with van der Waals surface area (Å²) in [6.45, 7) is 8.02. The lowest BCUT2D eigenvalue weighted by Crippen LogP contribution is -2.34. The van der Waals surface area contributed by atoms with E-state index in [2.05, 4.69) is 24.0 Å². The van der Waals surface area contributed by atoms with Crippen molar-refractivity contribution >= 4 is 15.7 Å².